The molecule has 0 heteroatoms. The van der Waals surface area contributed by atoms with Crippen LogP contribution < -0.4 is 0 Å². The molecule has 0 heterocycles. The number of rotatable bonds is 3. The maximum absolute atomic E-state index is 3.91. The summed E-state index contributed by atoms with van der Waals surface area (Å²) in [7, 11) is 0. The van der Waals surface area contributed by atoms with Gasteiger partial charge >= 0.3 is 0 Å². The van der Waals surface area contributed by atoms with Crippen LogP contribution in [0.3, 0.4) is 0 Å². The summed E-state index contributed by atoms with van der Waals surface area (Å²) in [4.78, 5) is 0. The lowest BCUT2D eigenvalue weighted by molar-refractivity contribution is 0.661. The second-order valence-corrected chi connectivity index (χ2v) is 10.5. The molecule has 0 bridgehead atoms. The largest absolute Gasteiger partial charge is 0.0991 e. The quantitative estimate of drug-likeness (QED) is 0.177. The fraction of sp³-hybridized carbons (Fsp3) is 0.0811. The molecule has 176 valence electrons. The van der Waals surface area contributed by atoms with E-state index in [1.807, 2.05) is 12.2 Å². The highest BCUT2D eigenvalue weighted by atomic mass is 14.4. The molecule has 0 nitrogen and oxygen atoms in total. The summed E-state index contributed by atoms with van der Waals surface area (Å²) in [6.45, 7) is 8.65. The third-order valence-corrected chi connectivity index (χ3v) is 8.23. The molecule has 1 aliphatic carbocycles. The molecule has 6 aromatic rings. The van der Waals surface area contributed by atoms with E-state index in [0.29, 0.717) is 0 Å². The number of hydrogen-bond donors (Lipinski definition) is 0. The molecule has 0 unspecified atom stereocenters. The Morgan fingerprint density at radius 1 is 0.541 bits per heavy atom. The Bertz CT molecular complexity index is 1860. The summed E-state index contributed by atoms with van der Waals surface area (Å²) in [6.07, 6.45) is 6.09. The first-order valence-electron chi connectivity index (χ1n) is 13.0. The van der Waals surface area contributed by atoms with E-state index in [1.54, 1.807) is 0 Å². The number of fused-ring (bicyclic) bond motifs is 7. The fourth-order valence-corrected chi connectivity index (χ4v) is 6.55. The predicted octanol–water partition coefficient (Wildman–Crippen LogP) is 10.3. The van der Waals surface area contributed by atoms with Crippen LogP contribution in [0.15, 0.2) is 122 Å². The highest BCUT2D eigenvalue weighted by Crippen LogP contribution is 2.54. The Morgan fingerprint density at radius 2 is 1.05 bits per heavy atom. The fourth-order valence-electron chi connectivity index (χ4n) is 6.55. The van der Waals surface area contributed by atoms with Crippen LogP contribution in [0, 0.1) is 0 Å². The average Bonchev–Trinajstić information content (AvgIpc) is 3.17. The van der Waals surface area contributed by atoms with Crippen LogP contribution in [0.5, 0.6) is 0 Å². The summed E-state index contributed by atoms with van der Waals surface area (Å²) in [5, 5.41) is 7.73. The Morgan fingerprint density at radius 3 is 1.68 bits per heavy atom. The molecule has 0 atom stereocenters. The Kier molecular flexibility index (Phi) is 4.75. The van der Waals surface area contributed by atoms with Crippen LogP contribution in [0.1, 0.15) is 30.5 Å². The molecule has 37 heavy (non-hydrogen) atoms. The van der Waals surface area contributed by atoms with Gasteiger partial charge in [-0.1, -0.05) is 136 Å². The van der Waals surface area contributed by atoms with Crippen molar-refractivity contribution in [3.05, 3.63) is 139 Å². The molecule has 0 saturated heterocycles. The van der Waals surface area contributed by atoms with E-state index in [-0.39, 0.29) is 5.41 Å². The number of allylic oxidation sites excluding steroid dienone is 2. The van der Waals surface area contributed by atoms with Crippen LogP contribution in [0.25, 0.3) is 60.6 Å². The number of benzene rings is 6. The SMILES string of the molecule is C=C/C=C\c1c2ccccc2c(-c2cc3c(c4ccccc24)-c2ccccc2C3(C)C)c2ccccc12. The van der Waals surface area contributed by atoms with E-state index in [1.165, 1.54) is 71.3 Å². The highest BCUT2D eigenvalue weighted by molar-refractivity contribution is 6.22. The molecule has 0 spiro atoms. The minimum atomic E-state index is -0.0665. The van der Waals surface area contributed by atoms with Gasteiger partial charge in [-0.15, -0.1) is 0 Å². The van der Waals surface area contributed by atoms with Crippen molar-refractivity contribution in [3.63, 3.8) is 0 Å². The monoisotopic (exact) mass is 472 g/mol. The summed E-state index contributed by atoms with van der Waals surface area (Å²) in [5.41, 5.74) is 9.37. The first-order valence-corrected chi connectivity index (χ1v) is 13.0. The van der Waals surface area contributed by atoms with E-state index in [4.69, 9.17) is 0 Å². The van der Waals surface area contributed by atoms with Crippen molar-refractivity contribution in [3.8, 4) is 22.3 Å². The number of hydrogen-bond acceptors (Lipinski definition) is 0. The maximum Gasteiger partial charge on any atom is 0.0159 e. The predicted molar refractivity (Wildman–Crippen MR) is 161 cm³/mol. The zero-order valence-electron chi connectivity index (χ0n) is 21.3. The topological polar surface area (TPSA) is 0 Å². The van der Waals surface area contributed by atoms with Gasteiger partial charge in [0, 0.05) is 5.41 Å². The molecule has 0 aliphatic heterocycles. The van der Waals surface area contributed by atoms with Gasteiger partial charge < -0.3 is 0 Å². The first kappa shape index (κ1) is 21.8. The lowest BCUT2D eigenvalue weighted by atomic mass is 9.79. The van der Waals surface area contributed by atoms with Crippen molar-refractivity contribution in [1.82, 2.24) is 0 Å². The van der Waals surface area contributed by atoms with E-state index in [2.05, 4.69) is 130 Å². The van der Waals surface area contributed by atoms with Crippen molar-refractivity contribution in [2.45, 2.75) is 19.3 Å². The minimum absolute atomic E-state index is 0.0665. The Hall–Kier alpha value is -4.42. The van der Waals surface area contributed by atoms with E-state index in [9.17, 15) is 0 Å². The normalized spacial score (nSPS) is 13.9. The van der Waals surface area contributed by atoms with Crippen LogP contribution in [-0.4, -0.2) is 0 Å². The van der Waals surface area contributed by atoms with Gasteiger partial charge in [-0.3, -0.25) is 0 Å². The van der Waals surface area contributed by atoms with E-state index in [0.717, 1.165) is 0 Å². The second-order valence-electron chi connectivity index (χ2n) is 10.5. The van der Waals surface area contributed by atoms with E-state index >= 15 is 0 Å². The van der Waals surface area contributed by atoms with Gasteiger partial charge in [0.15, 0.2) is 0 Å². The Balaban J connectivity index is 1.69. The standard InChI is InChI=1S/C37H28/c1-4-5-14-24-25-15-6-9-18-28(25)35(29-19-10-7-16-26(24)29)32-23-34-36(30-20-11-8-17-27(30)32)31-21-12-13-22-33(31)37(34,2)3/h4-23H,1H2,2-3H3/b14-5-. The van der Waals surface area contributed by atoms with Crippen molar-refractivity contribution in [1.29, 1.82) is 0 Å². The third-order valence-electron chi connectivity index (χ3n) is 8.23. The van der Waals surface area contributed by atoms with Crippen LogP contribution in [0.4, 0.5) is 0 Å². The molecule has 7 rings (SSSR count). The van der Waals surface area contributed by atoms with Gasteiger partial charge in [0.1, 0.15) is 0 Å². The molecule has 1 aliphatic rings. The summed E-state index contributed by atoms with van der Waals surface area (Å²) < 4.78 is 0. The van der Waals surface area contributed by atoms with Gasteiger partial charge in [0.2, 0.25) is 0 Å². The summed E-state index contributed by atoms with van der Waals surface area (Å²) in [6, 6.07) is 38.1. The lowest BCUT2D eigenvalue weighted by Crippen LogP contribution is -2.15. The molecular formula is C37H28. The summed E-state index contributed by atoms with van der Waals surface area (Å²) >= 11 is 0. The molecule has 0 radical (unpaired) electrons. The van der Waals surface area contributed by atoms with Crippen LogP contribution >= 0.6 is 0 Å². The van der Waals surface area contributed by atoms with E-state index < -0.39 is 0 Å². The smallest absolute Gasteiger partial charge is 0.0159 e. The van der Waals surface area contributed by atoms with Gasteiger partial charge in [-0.2, -0.15) is 0 Å². The highest BCUT2D eigenvalue weighted by Gasteiger charge is 2.37. The minimum Gasteiger partial charge on any atom is -0.0991 e. The molecule has 6 aromatic carbocycles. The van der Waals surface area contributed by atoms with Crippen molar-refractivity contribution < 1.29 is 0 Å². The van der Waals surface area contributed by atoms with Crippen LogP contribution in [-0.2, 0) is 5.41 Å². The van der Waals surface area contributed by atoms with Crippen molar-refractivity contribution in [2.75, 3.05) is 0 Å². The van der Waals surface area contributed by atoms with Crippen molar-refractivity contribution >= 4 is 38.4 Å². The van der Waals surface area contributed by atoms with Crippen LogP contribution in [0.2, 0.25) is 0 Å². The molecule has 0 saturated carbocycles. The first-order chi connectivity index (χ1) is 18.1. The molecule has 0 amide bonds. The maximum atomic E-state index is 3.91. The Labute approximate surface area is 218 Å². The van der Waals surface area contributed by atoms with Crippen molar-refractivity contribution in [2.24, 2.45) is 0 Å². The van der Waals surface area contributed by atoms with Gasteiger partial charge in [0.25, 0.3) is 0 Å². The second kappa shape index (κ2) is 8.05. The van der Waals surface area contributed by atoms with Gasteiger partial charge in [-0.25, -0.2) is 0 Å². The summed E-state index contributed by atoms with van der Waals surface area (Å²) in [5.74, 6) is 0. The molecular weight excluding hydrogens is 444 g/mol. The van der Waals surface area contributed by atoms with Gasteiger partial charge in [-0.05, 0) is 77.3 Å². The third kappa shape index (κ3) is 3.02. The molecule has 0 fully saturated rings. The lowest BCUT2D eigenvalue weighted by Gasteiger charge is -2.24. The molecule has 0 aromatic heterocycles. The van der Waals surface area contributed by atoms with Gasteiger partial charge in [0.05, 0.1) is 0 Å². The molecule has 0 N–H and O–H groups in total. The average molecular weight is 473 g/mol. The zero-order chi connectivity index (χ0) is 25.1. The zero-order valence-corrected chi connectivity index (χ0v) is 21.3.